The highest BCUT2D eigenvalue weighted by Gasteiger charge is 2.40. The highest BCUT2D eigenvalue weighted by atomic mass is 16.5. The summed E-state index contributed by atoms with van der Waals surface area (Å²) in [5.41, 5.74) is 5.53. The second-order valence-corrected chi connectivity index (χ2v) is 6.25. The fraction of sp³-hybridized carbons (Fsp3) is 0.867. The van der Waals surface area contributed by atoms with Crippen molar-refractivity contribution in [3.63, 3.8) is 0 Å². The molecule has 2 aliphatic rings. The van der Waals surface area contributed by atoms with E-state index in [2.05, 4.69) is 5.16 Å². The predicted octanol–water partition coefficient (Wildman–Crippen LogP) is 2.72. The first kappa shape index (κ1) is 14.0. The van der Waals surface area contributed by atoms with E-state index in [1.54, 1.807) is 7.11 Å². The minimum absolute atomic E-state index is 0.323. The van der Waals surface area contributed by atoms with Crippen LogP contribution in [0.15, 0.2) is 4.52 Å². The smallest absolute Gasteiger partial charge is 0.230 e. The van der Waals surface area contributed by atoms with Crippen molar-refractivity contribution in [2.45, 2.75) is 62.9 Å². The third-order valence-electron chi connectivity index (χ3n) is 5.18. The predicted molar refractivity (Wildman–Crippen MR) is 75.2 cm³/mol. The lowest BCUT2D eigenvalue weighted by molar-refractivity contribution is -0.0527. The van der Waals surface area contributed by atoms with Gasteiger partial charge < -0.3 is 15.0 Å². The van der Waals surface area contributed by atoms with Crippen molar-refractivity contribution in [2.24, 2.45) is 11.7 Å². The van der Waals surface area contributed by atoms with Crippen LogP contribution >= 0.6 is 0 Å². The first-order chi connectivity index (χ1) is 9.79. The van der Waals surface area contributed by atoms with Crippen molar-refractivity contribution in [2.75, 3.05) is 13.7 Å². The number of hydrogen-bond acceptors (Lipinski definition) is 5. The summed E-state index contributed by atoms with van der Waals surface area (Å²) in [4.78, 5) is 4.70. The lowest BCUT2D eigenvalue weighted by Gasteiger charge is -2.32. The van der Waals surface area contributed by atoms with Crippen LogP contribution < -0.4 is 5.73 Å². The number of nitrogens with two attached hydrogens (primary N) is 1. The third kappa shape index (κ3) is 2.37. The van der Waals surface area contributed by atoms with Crippen LogP contribution in [0.1, 0.15) is 69.0 Å². The van der Waals surface area contributed by atoms with Gasteiger partial charge in [0.2, 0.25) is 11.7 Å². The summed E-state index contributed by atoms with van der Waals surface area (Å²) in [7, 11) is 1.76. The van der Waals surface area contributed by atoms with Crippen LogP contribution in [-0.4, -0.2) is 23.8 Å². The van der Waals surface area contributed by atoms with E-state index in [4.69, 9.17) is 20.0 Å². The van der Waals surface area contributed by atoms with E-state index in [0.29, 0.717) is 18.4 Å². The maximum absolute atomic E-state index is 5.85. The molecule has 1 heterocycles. The molecule has 2 aliphatic carbocycles. The Kier molecular flexibility index (Phi) is 4.08. The number of rotatable bonds is 4. The number of ether oxygens (including phenoxy) is 1. The van der Waals surface area contributed by atoms with Gasteiger partial charge in [0.15, 0.2) is 0 Å². The molecule has 112 valence electrons. The minimum Gasteiger partial charge on any atom is -0.370 e. The molecule has 0 spiro atoms. The average Bonchev–Trinajstić information content (AvgIpc) is 3.16. The molecule has 0 amide bonds. The number of methoxy groups -OCH3 is 1. The summed E-state index contributed by atoms with van der Waals surface area (Å²) >= 11 is 0. The highest BCUT2D eigenvalue weighted by molar-refractivity contribution is 5.07. The van der Waals surface area contributed by atoms with Gasteiger partial charge in [-0.2, -0.15) is 4.98 Å². The van der Waals surface area contributed by atoms with Gasteiger partial charge in [-0.25, -0.2) is 0 Å². The Morgan fingerprint density at radius 2 is 2.05 bits per heavy atom. The van der Waals surface area contributed by atoms with Crippen LogP contribution in [0.25, 0.3) is 0 Å². The van der Waals surface area contributed by atoms with Gasteiger partial charge in [-0.15, -0.1) is 0 Å². The highest BCUT2D eigenvalue weighted by Crippen LogP contribution is 2.41. The molecule has 0 aromatic carbocycles. The van der Waals surface area contributed by atoms with Crippen LogP contribution in [-0.2, 0) is 10.3 Å². The summed E-state index contributed by atoms with van der Waals surface area (Å²) in [6.07, 6.45) is 9.10. The molecule has 2 N–H and O–H groups in total. The van der Waals surface area contributed by atoms with Crippen LogP contribution in [0, 0.1) is 5.92 Å². The van der Waals surface area contributed by atoms with Gasteiger partial charge in [0, 0.05) is 13.0 Å². The number of aromatic nitrogens is 2. The Balaban J connectivity index is 1.82. The van der Waals surface area contributed by atoms with Gasteiger partial charge >= 0.3 is 0 Å². The lowest BCUT2D eigenvalue weighted by Crippen LogP contribution is -2.32. The Morgan fingerprint density at radius 1 is 1.25 bits per heavy atom. The standard InChI is InChI=1S/C15H25N3O2/c1-19-15(8-3-2-4-9-15)14-17-13(20-18-14)12-7-5-6-11(12)10-16/h11-12H,2-10,16H2,1H3. The van der Waals surface area contributed by atoms with Crippen molar-refractivity contribution < 1.29 is 9.26 Å². The Bertz CT molecular complexity index is 440. The van der Waals surface area contributed by atoms with Gasteiger partial charge in [0.1, 0.15) is 5.60 Å². The molecule has 2 atom stereocenters. The molecule has 5 heteroatoms. The summed E-state index contributed by atoms with van der Waals surface area (Å²) < 4.78 is 11.3. The monoisotopic (exact) mass is 279 g/mol. The van der Waals surface area contributed by atoms with Gasteiger partial charge in [-0.05, 0) is 38.1 Å². The van der Waals surface area contributed by atoms with Gasteiger partial charge in [-0.1, -0.05) is 30.8 Å². The van der Waals surface area contributed by atoms with Crippen molar-refractivity contribution in [1.82, 2.24) is 10.1 Å². The van der Waals surface area contributed by atoms with E-state index in [1.165, 1.54) is 32.1 Å². The van der Waals surface area contributed by atoms with E-state index < -0.39 is 0 Å². The molecule has 0 radical (unpaired) electrons. The van der Waals surface area contributed by atoms with Crippen LogP contribution in [0.3, 0.4) is 0 Å². The van der Waals surface area contributed by atoms with Crippen molar-refractivity contribution in [3.05, 3.63) is 11.7 Å². The van der Waals surface area contributed by atoms with E-state index in [0.717, 1.165) is 31.0 Å². The molecule has 2 unspecified atom stereocenters. The first-order valence-electron chi connectivity index (χ1n) is 7.88. The largest absolute Gasteiger partial charge is 0.370 e. The minimum atomic E-state index is -0.323. The fourth-order valence-electron chi connectivity index (χ4n) is 3.86. The van der Waals surface area contributed by atoms with E-state index in [1.807, 2.05) is 0 Å². The van der Waals surface area contributed by atoms with Crippen LogP contribution in [0.2, 0.25) is 0 Å². The van der Waals surface area contributed by atoms with Gasteiger partial charge in [-0.3, -0.25) is 0 Å². The zero-order valence-electron chi connectivity index (χ0n) is 12.3. The molecule has 1 aromatic heterocycles. The Hall–Kier alpha value is -0.940. The molecule has 2 saturated carbocycles. The molecule has 0 saturated heterocycles. The molecule has 3 rings (SSSR count). The molecule has 0 bridgehead atoms. The maximum atomic E-state index is 5.85. The summed E-state index contributed by atoms with van der Waals surface area (Å²) in [5, 5.41) is 4.24. The van der Waals surface area contributed by atoms with E-state index in [9.17, 15) is 0 Å². The molecule has 0 aliphatic heterocycles. The maximum Gasteiger partial charge on any atom is 0.230 e. The Morgan fingerprint density at radius 3 is 2.75 bits per heavy atom. The van der Waals surface area contributed by atoms with E-state index >= 15 is 0 Å². The fourth-order valence-corrected chi connectivity index (χ4v) is 3.86. The summed E-state index contributed by atoms with van der Waals surface area (Å²) in [6.45, 7) is 0.706. The molecule has 1 aromatic rings. The quantitative estimate of drug-likeness (QED) is 0.917. The SMILES string of the molecule is COC1(c2noc(C3CCCC3CN)n2)CCCCC1. The van der Waals surface area contributed by atoms with Crippen molar-refractivity contribution in [1.29, 1.82) is 0 Å². The molecule has 20 heavy (non-hydrogen) atoms. The van der Waals surface area contributed by atoms with Gasteiger partial charge in [0.25, 0.3) is 0 Å². The molecular weight excluding hydrogens is 254 g/mol. The third-order valence-corrected chi connectivity index (χ3v) is 5.18. The van der Waals surface area contributed by atoms with Crippen LogP contribution in [0.5, 0.6) is 0 Å². The average molecular weight is 279 g/mol. The molecule has 2 fully saturated rings. The van der Waals surface area contributed by atoms with Crippen LogP contribution in [0.4, 0.5) is 0 Å². The number of hydrogen-bond donors (Lipinski definition) is 1. The number of nitrogens with zero attached hydrogens (tertiary/aromatic N) is 2. The zero-order valence-corrected chi connectivity index (χ0v) is 12.3. The lowest BCUT2D eigenvalue weighted by atomic mass is 9.84. The van der Waals surface area contributed by atoms with E-state index in [-0.39, 0.29) is 5.60 Å². The second-order valence-electron chi connectivity index (χ2n) is 6.25. The molecular formula is C15H25N3O2. The molecule has 5 nitrogen and oxygen atoms in total. The van der Waals surface area contributed by atoms with Gasteiger partial charge in [0.05, 0.1) is 0 Å². The van der Waals surface area contributed by atoms with Crippen molar-refractivity contribution in [3.8, 4) is 0 Å². The normalized spacial score (nSPS) is 29.7. The zero-order chi connectivity index (χ0) is 14.0. The second kappa shape index (κ2) is 5.82. The summed E-state index contributed by atoms with van der Waals surface area (Å²) in [5.74, 6) is 2.36. The summed E-state index contributed by atoms with van der Waals surface area (Å²) in [6, 6.07) is 0. The Labute approximate surface area is 120 Å². The topological polar surface area (TPSA) is 74.2 Å². The first-order valence-corrected chi connectivity index (χ1v) is 7.88. The van der Waals surface area contributed by atoms with Crippen molar-refractivity contribution >= 4 is 0 Å².